The van der Waals surface area contributed by atoms with Crippen molar-refractivity contribution in [2.75, 3.05) is 0 Å². The number of carbonyl (C=O) groups excluding carboxylic acids is 1. The minimum absolute atomic E-state index is 0.0682. The van der Waals surface area contributed by atoms with Crippen LogP contribution in [0.5, 0.6) is 0 Å². The first-order valence-corrected chi connectivity index (χ1v) is 3.92. The molecular formula is C8H14N2O. The van der Waals surface area contributed by atoms with Gasteiger partial charge in [0.1, 0.15) is 0 Å². The van der Waals surface area contributed by atoms with Crippen molar-refractivity contribution in [2.24, 2.45) is 16.9 Å². The van der Waals surface area contributed by atoms with Crippen LogP contribution in [0.3, 0.4) is 0 Å². The highest BCUT2D eigenvalue weighted by Crippen LogP contribution is 2.37. The predicted octanol–water partition coefficient (Wildman–Crippen LogP) is 1.15. The molecule has 0 aromatic carbocycles. The Morgan fingerprint density at radius 3 is 2.45 bits per heavy atom. The summed E-state index contributed by atoms with van der Waals surface area (Å²) in [6.45, 7) is 5.79. The molecule has 1 fully saturated rings. The van der Waals surface area contributed by atoms with Gasteiger partial charge in [0.2, 0.25) is 5.91 Å². The van der Waals surface area contributed by atoms with Crippen LogP contribution in [0, 0.1) is 11.8 Å². The molecule has 0 aliphatic heterocycles. The van der Waals surface area contributed by atoms with E-state index in [4.69, 9.17) is 0 Å². The van der Waals surface area contributed by atoms with Gasteiger partial charge >= 0.3 is 0 Å². The monoisotopic (exact) mass is 154 g/mol. The second-order valence-electron chi connectivity index (χ2n) is 3.35. The summed E-state index contributed by atoms with van der Waals surface area (Å²) in [5.74, 6) is 0.846. The molecule has 0 heterocycles. The first-order valence-electron chi connectivity index (χ1n) is 3.92. The third kappa shape index (κ3) is 2.33. The van der Waals surface area contributed by atoms with Gasteiger partial charge < -0.3 is 0 Å². The fraction of sp³-hybridized carbons (Fsp3) is 0.750. The fourth-order valence-corrected chi connectivity index (χ4v) is 0.937. The molecule has 0 radical (unpaired) electrons. The Labute approximate surface area is 66.9 Å². The topological polar surface area (TPSA) is 41.5 Å². The van der Waals surface area contributed by atoms with E-state index in [2.05, 4.69) is 17.5 Å². The summed E-state index contributed by atoms with van der Waals surface area (Å²) in [6.07, 6.45) is 1.02. The smallest absolute Gasteiger partial charge is 0.243 e. The molecule has 1 amide bonds. The second kappa shape index (κ2) is 3.03. The van der Waals surface area contributed by atoms with E-state index in [1.807, 2.05) is 13.8 Å². The van der Waals surface area contributed by atoms with Crippen molar-refractivity contribution < 1.29 is 4.79 Å². The fourth-order valence-electron chi connectivity index (χ4n) is 0.937. The van der Waals surface area contributed by atoms with Crippen LogP contribution < -0.4 is 5.43 Å². The van der Waals surface area contributed by atoms with Crippen molar-refractivity contribution in [1.82, 2.24) is 5.43 Å². The molecule has 0 bridgehead atoms. The van der Waals surface area contributed by atoms with Gasteiger partial charge in [-0.25, -0.2) is 5.43 Å². The number of nitrogens with one attached hydrogen (secondary N) is 1. The van der Waals surface area contributed by atoms with Crippen LogP contribution in [0.2, 0.25) is 0 Å². The maximum Gasteiger partial charge on any atom is 0.243 e. The number of carbonyl (C=O) groups is 1. The SMILES string of the molecule is CC(C)=NNC(=O)C1CC1C. The molecule has 11 heavy (non-hydrogen) atoms. The highest BCUT2D eigenvalue weighted by molar-refractivity contribution is 5.84. The van der Waals surface area contributed by atoms with Crippen LogP contribution in [0.15, 0.2) is 5.10 Å². The molecule has 3 nitrogen and oxygen atoms in total. The number of hydrogen-bond acceptors (Lipinski definition) is 2. The number of rotatable bonds is 2. The molecule has 62 valence electrons. The average Bonchev–Trinajstić information content (AvgIpc) is 2.61. The Bertz CT molecular complexity index is 194. The number of nitrogens with zero attached hydrogens (tertiary/aromatic N) is 1. The largest absolute Gasteiger partial charge is 0.273 e. The van der Waals surface area contributed by atoms with Crippen LogP contribution >= 0.6 is 0 Å². The summed E-state index contributed by atoms with van der Waals surface area (Å²) < 4.78 is 0. The number of hydrogen-bond donors (Lipinski definition) is 1. The van der Waals surface area contributed by atoms with Crippen molar-refractivity contribution >= 4 is 11.6 Å². The Morgan fingerprint density at radius 1 is 1.55 bits per heavy atom. The summed E-state index contributed by atoms with van der Waals surface area (Å²) >= 11 is 0. The quantitative estimate of drug-likeness (QED) is 0.470. The van der Waals surface area contributed by atoms with Gasteiger partial charge in [-0.05, 0) is 26.2 Å². The lowest BCUT2D eigenvalue weighted by molar-refractivity contribution is -0.122. The number of amides is 1. The molecule has 1 N–H and O–H groups in total. The molecule has 1 rings (SSSR count). The Balaban J connectivity index is 2.28. The number of hydrazone groups is 1. The summed E-state index contributed by atoms with van der Waals surface area (Å²) in [4.78, 5) is 11.1. The molecule has 1 aliphatic rings. The lowest BCUT2D eigenvalue weighted by Gasteiger charge is -1.96. The second-order valence-corrected chi connectivity index (χ2v) is 3.35. The molecule has 0 spiro atoms. The molecule has 0 saturated heterocycles. The van der Waals surface area contributed by atoms with Crippen LogP contribution in [0.1, 0.15) is 27.2 Å². The van der Waals surface area contributed by atoms with E-state index in [-0.39, 0.29) is 11.8 Å². The summed E-state index contributed by atoms with van der Waals surface area (Å²) in [6, 6.07) is 0. The van der Waals surface area contributed by atoms with E-state index >= 15 is 0 Å². The van der Waals surface area contributed by atoms with Crippen molar-refractivity contribution in [3.63, 3.8) is 0 Å². The van der Waals surface area contributed by atoms with Crippen LogP contribution in [0.25, 0.3) is 0 Å². The van der Waals surface area contributed by atoms with E-state index < -0.39 is 0 Å². The minimum Gasteiger partial charge on any atom is -0.273 e. The van der Waals surface area contributed by atoms with Gasteiger partial charge in [-0.15, -0.1) is 0 Å². The van der Waals surface area contributed by atoms with Crippen molar-refractivity contribution in [1.29, 1.82) is 0 Å². The molecule has 1 saturated carbocycles. The van der Waals surface area contributed by atoms with Crippen molar-refractivity contribution in [2.45, 2.75) is 27.2 Å². The Morgan fingerprint density at radius 2 is 2.09 bits per heavy atom. The molecule has 2 atom stereocenters. The third-order valence-corrected chi connectivity index (χ3v) is 1.84. The predicted molar refractivity (Wildman–Crippen MR) is 44.2 cm³/mol. The van der Waals surface area contributed by atoms with Gasteiger partial charge in [-0.3, -0.25) is 4.79 Å². The summed E-state index contributed by atoms with van der Waals surface area (Å²) in [5.41, 5.74) is 3.40. The van der Waals surface area contributed by atoms with Gasteiger partial charge in [-0.2, -0.15) is 5.10 Å². The van der Waals surface area contributed by atoms with E-state index in [9.17, 15) is 4.79 Å². The van der Waals surface area contributed by atoms with Gasteiger partial charge in [-0.1, -0.05) is 6.92 Å². The zero-order valence-electron chi connectivity index (χ0n) is 7.22. The summed E-state index contributed by atoms with van der Waals surface area (Å²) in [7, 11) is 0. The van der Waals surface area contributed by atoms with E-state index in [0.717, 1.165) is 12.1 Å². The first-order chi connectivity index (χ1) is 5.11. The van der Waals surface area contributed by atoms with Gasteiger partial charge in [0.05, 0.1) is 0 Å². The van der Waals surface area contributed by atoms with Crippen molar-refractivity contribution in [3.8, 4) is 0 Å². The maximum atomic E-state index is 11.1. The molecule has 0 aromatic rings. The highest BCUT2D eigenvalue weighted by Gasteiger charge is 2.38. The molecule has 1 aliphatic carbocycles. The minimum atomic E-state index is 0.0682. The standard InChI is InChI=1S/C8H14N2O/c1-5(2)9-10-8(11)7-4-6(7)3/h6-7H,4H2,1-3H3,(H,10,11). The molecule has 3 heteroatoms. The van der Waals surface area contributed by atoms with Crippen LogP contribution in [-0.2, 0) is 4.79 Å². The van der Waals surface area contributed by atoms with Gasteiger partial charge in [0.15, 0.2) is 0 Å². The Hall–Kier alpha value is -0.860. The van der Waals surface area contributed by atoms with Crippen LogP contribution in [0.4, 0.5) is 0 Å². The lowest BCUT2D eigenvalue weighted by Crippen LogP contribution is -2.20. The molecule has 0 aromatic heterocycles. The van der Waals surface area contributed by atoms with E-state index in [0.29, 0.717) is 5.92 Å². The zero-order valence-corrected chi connectivity index (χ0v) is 7.22. The molecular weight excluding hydrogens is 140 g/mol. The van der Waals surface area contributed by atoms with Gasteiger partial charge in [0.25, 0.3) is 0 Å². The van der Waals surface area contributed by atoms with E-state index in [1.54, 1.807) is 0 Å². The average molecular weight is 154 g/mol. The lowest BCUT2D eigenvalue weighted by atomic mass is 10.3. The van der Waals surface area contributed by atoms with Gasteiger partial charge in [0, 0.05) is 11.6 Å². The van der Waals surface area contributed by atoms with Crippen molar-refractivity contribution in [3.05, 3.63) is 0 Å². The maximum absolute atomic E-state index is 11.1. The first kappa shape index (κ1) is 8.24. The van der Waals surface area contributed by atoms with Crippen LogP contribution in [-0.4, -0.2) is 11.6 Å². The normalized spacial score (nSPS) is 27.5. The Kier molecular flexibility index (Phi) is 2.27. The highest BCUT2D eigenvalue weighted by atomic mass is 16.2. The third-order valence-electron chi connectivity index (χ3n) is 1.84. The molecule has 2 unspecified atom stereocenters. The van der Waals surface area contributed by atoms with E-state index in [1.165, 1.54) is 0 Å². The summed E-state index contributed by atoms with van der Waals surface area (Å²) in [5, 5.41) is 3.84. The zero-order chi connectivity index (χ0) is 8.43.